The largest absolute Gasteiger partial charge is 0.508 e. The summed E-state index contributed by atoms with van der Waals surface area (Å²) in [4.78, 5) is 22.6. The van der Waals surface area contributed by atoms with Gasteiger partial charge in [-0.15, -0.1) is 0 Å². The third kappa shape index (κ3) is 4.22. The Morgan fingerprint density at radius 3 is 2.61 bits per heavy atom. The summed E-state index contributed by atoms with van der Waals surface area (Å²) in [6.07, 6.45) is 1.79. The van der Waals surface area contributed by atoms with Crippen molar-refractivity contribution in [1.82, 2.24) is 0 Å². The Balaban J connectivity index is 1.93. The van der Waals surface area contributed by atoms with Crippen LogP contribution in [0.15, 0.2) is 24.3 Å². The second-order valence-corrected chi connectivity index (χ2v) is 7.55. The highest BCUT2D eigenvalue weighted by atomic mass is 35.5. The van der Waals surface area contributed by atoms with E-state index in [0.29, 0.717) is 22.2 Å². The van der Waals surface area contributed by atoms with E-state index < -0.39 is 18.3 Å². The Labute approximate surface area is 168 Å². The van der Waals surface area contributed by atoms with Gasteiger partial charge >= 0.3 is 5.97 Å². The van der Waals surface area contributed by atoms with Gasteiger partial charge in [0.25, 0.3) is 0 Å². The number of carbonyl (C=O) groups excluding carboxylic acids is 1. The molecular weight excluding hydrogens is 382 g/mol. The number of nitrogens with one attached hydrogen (secondary N) is 1. The van der Waals surface area contributed by atoms with Crippen LogP contribution in [0.5, 0.6) is 17.2 Å². The Morgan fingerprint density at radius 1 is 1.21 bits per heavy atom. The average molecular weight is 404 g/mol. The number of aliphatic carboxylic acids is 1. The molecule has 0 spiro atoms. The summed E-state index contributed by atoms with van der Waals surface area (Å²) in [5, 5.41) is 21.8. The first-order chi connectivity index (χ1) is 13.3. The van der Waals surface area contributed by atoms with Crippen LogP contribution in [0.1, 0.15) is 49.3 Å². The van der Waals surface area contributed by atoms with E-state index in [0.717, 1.165) is 36.0 Å². The smallest absolute Gasteiger partial charge is 0.312 e. The standard InChI is InChI=1S/C21H22ClNO5/c1-11(2)15-8-12(6-7-18(15)24)28-21-14-5-3-4-13(14)17(9-16(21)22)23-19(25)10-20(26)27/h6-9,11,24H,3-5,10H2,1-2H3,(H,23,25)(H,26,27). The highest BCUT2D eigenvalue weighted by molar-refractivity contribution is 6.32. The highest BCUT2D eigenvalue weighted by Crippen LogP contribution is 2.44. The molecule has 2 aromatic carbocycles. The quantitative estimate of drug-likeness (QED) is 0.598. The summed E-state index contributed by atoms with van der Waals surface area (Å²) in [5.74, 6) is -0.322. The molecule has 1 aliphatic carbocycles. The average Bonchev–Trinajstić information content (AvgIpc) is 3.08. The van der Waals surface area contributed by atoms with Crippen molar-refractivity contribution in [3.05, 3.63) is 46.0 Å². The molecule has 1 aliphatic rings. The number of rotatable bonds is 6. The van der Waals surface area contributed by atoms with E-state index in [1.54, 1.807) is 24.3 Å². The van der Waals surface area contributed by atoms with Crippen LogP contribution in [0.2, 0.25) is 5.02 Å². The van der Waals surface area contributed by atoms with Crippen LogP contribution in [0.25, 0.3) is 0 Å². The van der Waals surface area contributed by atoms with Crippen LogP contribution in [-0.4, -0.2) is 22.1 Å². The monoisotopic (exact) mass is 403 g/mol. The number of phenolic OH excluding ortho intramolecular Hbond substituents is 1. The molecule has 0 aliphatic heterocycles. The predicted molar refractivity (Wildman–Crippen MR) is 107 cm³/mol. The Morgan fingerprint density at radius 2 is 1.93 bits per heavy atom. The van der Waals surface area contributed by atoms with E-state index in [1.807, 2.05) is 13.8 Å². The number of carboxylic acids is 1. The Kier molecular flexibility index (Phi) is 5.79. The number of carbonyl (C=O) groups is 2. The van der Waals surface area contributed by atoms with E-state index in [4.69, 9.17) is 21.4 Å². The van der Waals surface area contributed by atoms with Crippen molar-refractivity contribution in [2.75, 3.05) is 5.32 Å². The van der Waals surface area contributed by atoms with Crippen molar-refractivity contribution in [3.63, 3.8) is 0 Å². The van der Waals surface area contributed by atoms with Gasteiger partial charge in [-0.1, -0.05) is 25.4 Å². The number of carboxylic acid groups (broad SMARTS) is 1. The molecule has 148 valence electrons. The molecule has 0 saturated carbocycles. The number of anilines is 1. The fourth-order valence-corrected chi connectivity index (χ4v) is 3.71. The van der Waals surface area contributed by atoms with Crippen LogP contribution in [0.4, 0.5) is 5.69 Å². The summed E-state index contributed by atoms with van der Waals surface area (Å²) in [6, 6.07) is 6.67. The lowest BCUT2D eigenvalue weighted by Gasteiger charge is -2.17. The van der Waals surface area contributed by atoms with E-state index in [9.17, 15) is 14.7 Å². The van der Waals surface area contributed by atoms with Crippen LogP contribution >= 0.6 is 11.6 Å². The third-order valence-corrected chi connectivity index (χ3v) is 5.01. The van der Waals surface area contributed by atoms with Gasteiger partial charge in [0.2, 0.25) is 5.91 Å². The molecule has 1 amide bonds. The lowest BCUT2D eigenvalue weighted by atomic mass is 10.0. The molecule has 0 fully saturated rings. The van der Waals surface area contributed by atoms with Gasteiger partial charge < -0.3 is 20.3 Å². The topological polar surface area (TPSA) is 95.9 Å². The summed E-state index contributed by atoms with van der Waals surface area (Å²) in [5.41, 5.74) is 3.14. The SMILES string of the molecule is CC(C)c1cc(Oc2c(Cl)cc(NC(=O)CC(=O)O)c3c2CCC3)ccc1O. The molecule has 0 atom stereocenters. The third-order valence-electron chi connectivity index (χ3n) is 4.73. The van der Waals surface area contributed by atoms with Gasteiger partial charge in [-0.3, -0.25) is 9.59 Å². The van der Waals surface area contributed by atoms with Crippen molar-refractivity contribution in [1.29, 1.82) is 0 Å². The first-order valence-corrected chi connectivity index (χ1v) is 9.50. The maximum Gasteiger partial charge on any atom is 0.312 e. The summed E-state index contributed by atoms with van der Waals surface area (Å²) < 4.78 is 6.07. The highest BCUT2D eigenvalue weighted by Gasteiger charge is 2.24. The number of phenols is 1. The first-order valence-electron chi connectivity index (χ1n) is 9.13. The van der Waals surface area contributed by atoms with Crippen LogP contribution < -0.4 is 10.1 Å². The number of aromatic hydroxyl groups is 1. The van der Waals surface area contributed by atoms with Crippen molar-refractivity contribution >= 4 is 29.2 Å². The van der Waals surface area contributed by atoms with Gasteiger partial charge in [0.15, 0.2) is 0 Å². The minimum atomic E-state index is -1.19. The summed E-state index contributed by atoms with van der Waals surface area (Å²) >= 11 is 6.44. The van der Waals surface area contributed by atoms with Crippen LogP contribution in [0, 0.1) is 0 Å². The molecule has 2 aromatic rings. The van der Waals surface area contributed by atoms with E-state index in [1.165, 1.54) is 0 Å². The summed E-state index contributed by atoms with van der Waals surface area (Å²) in [7, 11) is 0. The fourth-order valence-electron chi connectivity index (χ4n) is 3.45. The molecule has 7 heteroatoms. The zero-order valence-electron chi connectivity index (χ0n) is 15.7. The number of hydrogen-bond donors (Lipinski definition) is 3. The van der Waals surface area contributed by atoms with E-state index in [2.05, 4.69) is 5.32 Å². The van der Waals surface area contributed by atoms with Gasteiger partial charge in [0, 0.05) is 16.8 Å². The van der Waals surface area contributed by atoms with Gasteiger partial charge in [-0.25, -0.2) is 0 Å². The molecule has 28 heavy (non-hydrogen) atoms. The molecular formula is C21H22ClNO5. The van der Waals surface area contributed by atoms with E-state index in [-0.39, 0.29) is 11.7 Å². The number of amides is 1. The van der Waals surface area contributed by atoms with Crippen molar-refractivity contribution < 1.29 is 24.5 Å². The Bertz CT molecular complexity index is 939. The van der Waals surface area contributed by atoms with Crippen molar-refractivity contribution in [2.24, 2.45) is 0 Å². The number of hydrogen-bond acceptors (Lipinski definition) is 4. The fraction of sp³-hybridized carbons (Fsp3) is 0.333. The number of ether oxygens (including phenoxy) is 1. The van der Waals surface area contributed by atoms with Crippen LogP contribution in [-0.2, 0) is 22.4 Å². The van der Waals surface area contributed by atoms with Crippen LogP contribution in [0.3, 0.4) is 0 Å². The minimum absolute atomic E-state index is 0.136. The maximum atomic E-state index is 11.9. The van der Waals surface area contributed by atoms with Crippen molar-refractivity contribution in [3.8, 4) is 17.2 Å². The van der Waals surface area contributed by atoms with Crippen molar-refractivity contribution in [2.45, 2.75) is 45.4 Å². The van der Waals surface area contributed by atoms with Gasteiger partial charge in [-0.2, -0.15) is 0 Å². The zero-order valence-corrected chi connectivity index (χ0v) is 16.5. The second-order valence-electron chi connectivity index (χ2n) is 7.14. The number of halogens is 1. The minimum Gasteiger partial charge on any atom is -0.508 e. The normalized spacial score (nSPS) is 12.7. The molecule has 0 saturated heterocycles. The lowest BCUT2D eigenvalue weighted by Crippen LogP contribution is -2.17. The molecule has 0 radical (unpaired) electrons. The zero-order chi connectivity index (χ0) is 20.4. The molecule has 6 nitrogen and oxygen atoms in total. The molecule has 3 rings (SSSR count). The molecule has 0 heterocycles. The Hall–Kier alpha value is -2.73. The van der Waals surface area contributed by atoms with Gasteiger partial charge in [0.1, 0.15) is 23.7 Å². The molecule has 3 N–H and O–H groups in total. The van der Waals surface area contributed by atoms with E-state index >= 15 is 0 Å². The molecule has 0 unspecified atom stereocenters. The summed E-state index contributed by atoms with van der Waals surface area (Å²) in [6.45, 7) is 3.97. The van der Waals surface area contributed by atoms with Gasteiger partial charge in [-0.05, 0) is 55.0 Å². The lowest BCUT2D eigenvalue weighted by molar-refractivity contribution is -0.139. The molecule has 0 aromatic heterocycles. The second kappa shape index (κ2) is 8.10. The number of fused-ring (bicyclic) bond motifs is 1. The maximum absolute atomic E-state index is 11.9. The molecule has 0 bridgehead atoms. The number of benzene rings is 2. The predicted octanol–water partition coefficient (Wildman–Crippen LogP) is 4.86. The van der Waals surface area contributed by atoms with Gasteiger partial charge in [0.05, 0.1) is 5.02 Å². The first kappa shape index (κ1) is 20.0.